The first-order valence-electron chi connectivity index (χ1n) is 10.2. The lowest BCUT2D eigenvalue weighted by Crippen LogP contribution is -2.60. The van der Waals surface area contributed by atoms with Crippen molar-refractivity contribution in [1.82, 2.24) is 4.31 Å². The molecule has 1 heterocycles. The Morgan fingerprint density at radius 3 is 2.09 bits per heavy atom. The summed E-state index contributed by atoms with van der Waals surface area (Å²) >= 11 is 0. The second kappa shape index (κ2) is 7.81. The number of hydrogen-bond donors (Lipinski definition) is 0. The van der Waals surface area contributed by atoms with Gasteiger partial charge in [0.1, 0.15) is 21.2 Å². The number of sulfonamides is 1. The van der Waals surface area contributed by atoms with Gasteiger partial charge in [0.05, 0.1) is 12.0 Å². The van der Waals surface area contributed by atoms with Crippen molar-refractivity contribution in [3.63, 3.8) is 0 Å². The molecule has 35 heavy (non-hydrogen) atoms. The van der Waals surface area contributed by atoms with Gasteiger partial charge in [0.2, 0.25) is 10.0 Å². The van der Waals surface area contributed by atoms with Crippen LogP contribution in [0.3, 0.4) is 0 Å². The van der Waals surface area contributed by atoms with Gasteiger partial charge in [-0.3, -0.25) is 30.3 Å². The van der Waals surface area contributed by atoms with Crippen molar-refractivity contribution >= 4 is 15.6 Å². The Labute approximate surface area is 199 Å². The quantitative estimate of drug-likeness (QED) is 0.324. The highest BCUT2D eigenvalue weighted by atomic mass is 32.2. The average Bonchev–Trinajstić information content (AvgIpc) is 3.07. The molecule has 2 aliphatic rings. The molecule has 0 aromatic heterocycles. The second-order valence-corrected chi connectivity index (χ2v) is 10.4. The number of nitrogens with zero attached hydrogens (tertiary/aromatic N) is 4. The van der Waals surface area contributed by atoms with Crippen LogP contribution in [0.25, 0.3) is 5.57 Å². The maximum atomic E-state index is 13.4. The molecule has 0 saturated heterocycles. The molecule has 0 bridgehead atoms. The van der Waals surface area contributed by atoms with Crippen molar-refractivity contribution in [2.75, 3.05) is 20.2 Å². The molecule has 4 rings (SSSR count). The topological polar surface area (TPSA) is 176 Å². The van der Waals surface area contributed by atoms with E-state index < -0.39 is 54.7 Å². The highest BCUT2D eigenvalue weighted by Gasteiger charge is 2.72. The van der Waals surface area contributed by atoms with Gasteiger partial charge < -0.3 is 4.74 Å². The number of aryl methyl sites for hydroxylation is 1. The van der Waals surface area contributed by atoms with E-state index in [1.165, 1.54) is 49.6 Å². The Hall–Kier alpha value is -3.91. The molecule has 0 amide bonds. The fourth-order valence-electron chi connectivity index (χ4n) is 4.69. The third kappa shape index (κ3) is 3.20. The van der Waals surface area contributed by atoms with E-state index >= 15 is 0 Å². The van der Waals surface area contributed by atoms with Crippen molar-refractivity contribution in [1.29, 1.82) is 0 Å². The summed E-state index contributed by atoms with van der Waals surface area (Å²) in [5, 5.41) is 37.1. The van der Waals surface area contributed by atoms with Gasteiger partial charge in [-0.25, -0.2) is 8.42 Å². The molecule has 0 unspecified atom stereocenters. The van der Waals surface area contributed by atoms with Gasteiger partial charge in [-0.15, -0.1) is 0 Å². The highest BCUT2D eigenvalue weighted by molar-refractivity contribution is 7.89. The van der Waals surface area contributed by atoms with E-state index in [1.54, 1.807) is 6.92 Å². The zero-order chi connectivity index (χ0) is 25.9. The number of methoxy groups -OCH3 is 1. The molecular weight excluding hydrogens is 484 g/mol. The predicted octanol–water partition coefficient (Wildman–Crippen LogP) is 2.22. The molecule has 0 fully saturated rings. The number of ether oxygens (including phenoxy) is 1. The first kappa shape index (κ1) is 24.2. The molecule has 1 atom stereocenters. The smallest absolute Gasteiger partial charge is 0.497 e. The predicted molar refractivity (Wildman–Crippen MR) is 121 cm³/mol. The van der Waals surface area contributed by atoms with Gasteiger partial charge in [-0.05, 0) is 37.3 Å². The van der Waals surface area contributed by atoms with Crippen LogP contribution in [0.4, 0.5) is 0 Å². The fraction of sp³-hybridized carbons (Fsp3) is 0.333. The normalized spacial score (nSPS) is 21.2. The molecule has 0 spiro atoms. The Balaban J connectivity index is 2.04. The minimum absolute atomic E-state index is 0.0468. The summed E-state index contributed by atoms with van der Waals surface area (Å²) in [5.74, 6) is 0.202. The van der Waals surface area contributed by atoms with Gasteiger partial charge in [0.25, 0.3) is 5.54 Å². The molecule has 13 nitrogen and oxygen atoms in total. The zero-order valence-corrected chi connectivity index (χ0v) is 19.6. The Morgan fingerprint density at radius 1 is 0.971 bits per heavy atom. The number of nitro groups is 3. The first-order valence-corrected chi connectivity index (χ1v) is 11.7. The van der Waals surface area contributed by atoms with Crippen LogP contribution in [0.15, 0.2) is 52.9 Å². The third-order valence-electron chi connectivity index (χ3n) is 6.67. The minimum Gasteiger partial charge on any atom is -0.497 e. The molecular formula is C21H20N4O9S. The number of rotatable bonds is 6. The van der Waals surface area contributed by atoms with Gasteiger partial charge in [-0.1, -0.05) is 17.7 Å². The minimum atomic E-state index is -4.49. The van der Waals surface area contributed by atoms with E-state index in [2.05, 4.69) is 0 Å². The summed E-state index contributed by atoms with van der Waals surface area (Å²) < 4.78 is 32.6. The number of hydrogen-bond acceptors (Lipinski definition) is 9. The van der Waals surface area contributed by atoms with Crippen molar-refractivity contribution < 1.29 is 27.9 Å². The van der Waals surface area contributed by atoms with Crippen LogP contribution >= 0.6 is 0 Å². The molecule has 0 radical (unpaired) electrons. The van der Waals surface area contributed by atoms with Gasteiger partial charge in [0.15, 0.2) is 6.54 Å². The number of benzene rings is 2. The van der Waals surface area contributed by atoms with Crippen LogP contribution in [0, 0.1) is 37.3 Å². The van der Waals surface area contributed by atoms with Crippen LogP contribution in [-0.4, -0.2) is 53.4 Å². The van der Waals surface area contributed by atoms with E-state index in [0.717, 1.165) is 12.5 Å². The Kier molecular flexibility index (Phi) is 5.41. The molecule has 0 N–H and O–H groups in total. The van der Waals surface area contributed by atoms with Crippen molar-refractivity contribution in [2.24, 2.45) is 0 Å². The fourth-order valence-corrected chi connectivity index (χ4v) is 6.12. The summed E-state index contributed by atoms with van der Waals surface area (Å²) in [7, 11) is -3.17. The Morgan fingerprint density at radius 2 is 1.57 bits per heavy atom. The summed E-state index contributed by atoms with van der Waals surface area (Å²) in [6.07, 6.45) is 0. The van der Waals surface area contributed by atoms with E-state index in [4.69, 9.17) is 4.74 Å². The van der Waals surface area contributed by atoms with Gasteiger partial charge in [-0.2, -0.15) is 4.31 Å². The summed E-state index contributed by atoms with van der Waals surface area (Å²) in [6.45, 7) is 1.11. The van der Waals surface area contributed by atoms with Crippen LogP contribution < -0.4 is 4.74 Å². The molecule has 0 saturated carbocycles. The lowest BCUT2D eigenvalue weighted by atomic mass is 9.85. The maximum absolute atomic E-state index is 13.4. The lowest BCUT2D eigenvalue weighted by molar-refractivity contribution is -0.775. The average molecular weight is 504 g/mol. The molecule has 184 valence electrons. The summed E-state index contributed by atoms with van der Waals surface area (Å²) in [5.41, 5.74) is -5.49. The van der Waals surface area contributed by atoms with Crippen molar-refractivity contribution in [3.8, 4) is 5.75 Å². The Bertz CT molecular complexity index is 1400. The second-order valence-electron chi connectivity index (χ2n) is 8.51. The SMILES string of the molecule is COc1ccc2c(c1)[C@](C)([N+](=O)[O-])C1=C2C([N+](=O)[O-])([N+](=O)[O-])CN(S(=O)(=O)c2ccc(C)cc2)C1. The summed E-state index contributed by atoms with van der Waals surface area (Å²) in [4.78, 5) is 33.7. The van der Waals surface area contributed by atoms with Crippen molar-refractivity contribution in [3.05, 3.63) is 95.1 Å². The summed E-state index contributed by atoms with van der Waals surface area (Å²) in [6, 6.07) is 9.54. The molecule has 2 aromatic rings. The maximum Gasteiger partial charge on any atom is 0.498 e. The lowest BCUT2D eigenvalue weighted by Gasteiger charge is -2.33. The van der Waals surface area contributed by atoms with E-state index in [-0.39, 0.29) is 27.3 Å². The van der Waals surface area contributed by atoms with E-state index in [0.29, 0.717) is 4.31 Å². The first-order chi connectivity index (χ1) is 16.3. The zero-order valence-electron chi connectivity index (χ0n) is 18.8. The molecule has 1 aliphatic carbocycles. The standard InChI is InChI=1S/C21H20N4O9S/c1-13-4-7-15(8-5-13)35(32,33)22-11-18-19(21(12-22,24(28)29)25(30)31)16-9-6-14(34-3)10-17(16)20(18,2)23(26)27/h4-10H,11-12H2,1-3H3/t20-/m0/s1. The van der Waals surface area contributed by atoms with Crippen LogP contribution in [0.1, 0.15) is 23.6 Å². The molecule has 2 aromatic carbocycles. The van der Waals surface area contributed by atoms with Crippen molar-refractivity contribution in [2.45, 2.75) is 29.9 Å². The van der Waals surface area contributed by atoms with Gasteiger partial charge in [0, 0.05) is 35.1 Å². The largest absolute Gasteiger partial charge is 0.498 e. The highest BCUT2D eigenvalue weighted by Crippen LogP contribution is 2.54. The van der Waals surface area contributed by atoms with Gasteiger partial charge >= 0.3 is 5.66 Å². The molecule has 1 aliphatic heterocycles. The number of fused-ring (bicyclic) bond motifs is 2. The monoisotopic (exact) mass is 504 g/mol. The van der Waals surface area contributed by atoms with Crippen LogP contribution in [0.2, 0.25) is 0 Å². The van der Waals surface area contributed by atoms with E-state index in [9.17, 15) is 38.8 Å². The third-order valence-corrected chi connectivity index (χ3v) is 8.48. The van der Waals surface area contributed by atoms with E-state index in [1.807, 2.05) is 0 Å². The van der Waals surface area contributed by atoms with Crippen LogP contribution in [-0.2, 0) is 15.6 Å². The molecule has 14 heteroatoms. The van der Waals surface area contributed by atoms with Crippen LogP contribution in [0.5, 0.6) is 5.75 Å².